The van der Waals surface area contributed by atoms with Crippen molar-refractivity contribution >= 4 is 11.9 Å². The van der Waals surface area contributed by atoms with Crippen molar-refractivity contribution in [1.29, 1.82) is 0 Å². The lowest BCUT2D eigenvalue weighted by Gasteiger charge is -2.25. The van der Waals surface area contributed by atoms with Gasteiger partial charge in [0.15, 0.2) is 0 Å². The van der Waals surface area contributed by atoms with Crippen LogP contribution in [0.3, 0.4) is 0 Å². The number of benzene rings is 1. The Morgan fingerprint density at radius 2 is 2.11 bits per heavy atom. The third-order valence-electron chi connectivity index (χ3n) is 3.68. The smallest absolute Gasteiger partial charge is 0.270 e. The molecule has 0 aromatic heterocycles. The molecule has 1 aliphatic carbocycles. The molecular weight excluding hydrogens is 244 g/mol. The van der Waals surface area contributed by atoms with E-state index in [2.05, 4.69) is 11.9 Å². The first-order chi connectivity index (χ1) is 9.08. The third-order valence-corrected chi connectivity index (χ3v) is 3.68. The Morgan fingerprint density at radius 1 is 1.37 bits per heavy atom. The van der Waals surface area contributed by atoms with Gasteiger partial charge in [0.25, 0.3) is 5.69 Å². The van der Waals surface area contributed by atoms with Gasteiger partial charge in [0.1, 0.15) is 0 Å². The Labute approximate surface area is 112 Å². The molecule has 1 aromatic carbocycles. The molecule has 0 heterocycles. The average Bonchev–Trinajstić information content (AvgIpc) is 2.39. The molecule has 1 aliphatic rings. The van der Waals surface area contributed by atoms with E-state index >= 15 is 0 Å². The number of aliphatic imine (C=N–C) groups is 1. The van der Waals surface area contributed by atoms with Crippen molar-refractivity contribution in [3.05, 3.63) is 33.9 Å². The largest absolute Gasteiger partial charge is 0.872 e. The van der Waals surface area contributed by atoms with Crippen LogP contribution in [0.15, 0.2) is 23.2 Å². The lowest BCUT2D eigenvalue weighted by atomic mass is 9.86. The van der Waals surface area contributed by atoms with Crippen molar-refractivity contribution in [2.24, 2.45) is 10.9 Å². The highest BCUT2D eigenvalue weighted by Crippen LogP contribution is 2.27. The summed E-state index contributed by atoms with van der Waals surface area (Å²) >= 11 is 0. The molecule has 2 rings (SSSR count). The zero-order valence-corrected chi connectivity index (χ0v) is 10.9. The predicted octanol–water partition coefficient (Wildman–Crippen LogP) is 2.67. The van der Waals surface area contributed by atoms with Crippen LogP contribution in [0.2, 0.25) is 0 Å². The van der Waals surface area contributed by atoms with Gasteiger partial charge in [-0.3, -0.25) is 15.1 Å². The molecule has 0 spiro atoms. The number of nitrogens with zero attached hydrogens (tertiary/aromatic N) is 2. The number of nitro benzene ring substituents is 1. The van der Waals surface area contributed by atoms with Crippen LogP contribution in [0.1, 0.15) is 38.2 Å². The van der Waals surface area contributed by atoms with Crippen molar-refractivity contribution in [2.45, 2.75) is 38.6 Å². The van der Waals surface area contributed by atoms with E-state index < -0.39 is 4.92 Å². The van der Waals surface area contributed by atoms with Gasteiger partial charge in [-0.05, 0) is 24.3 Å². The molecule has 5 heteroatoms. The molecule has 19 heavy (non-hydrogen) atoms. The van der Waals surface area contributed by atoms with E-state index in [0.29, 0.717) is 11.5 Å². The van der Waals surface area contributed by atoms with Crippen LogP contribution in [0.4, 0.5) is 5.69 Å². The van der Waals surface area contributed by atoms with Crippen LogP contribution in [-0.2, 0) is 0 Å². The van der Waals surface area contributed by atoms with Gasteiger partial charge in [-0.15, -0.1) is 0 Å². The highest BCUT2D eigenvalue weighted by atomic mass is 16.6. The molecule has 5 nitrogen and oxygen atoms in total. The molecule has 0 aliphatic heterocycles. The number of hydrogen-bond acceptors (Lipinski definition) is 4. The standard InChI is InChI=1S/C14H18N2O3/c1-10-4-2-3-5-13(10)15-9-11-8-12(16(18)19)6-7-14(11)17/h6-10,13,17H,2-5H2,1H3/p-1/t10-,13-/m1/s1. The summed E-state index contributed by atoms with van der Waals surface area (Å²) in [5, 5.41) is 22.3. The Morgan fingerprint density at radius 3 is 2.79 bits per heavy atom. The molecule has 2 atom stereocenters. The van der Waals surface area contributed by atoms with E-state index in [4.69, 9.17) is 0 Å². The van der Waals surface area contributed by atoms with Gasteiger partial charge in [0, 0.05) is 18.3 Å². The molecule has 1 aromatic rings. The van der Waals surface area contributed by atoms with E-state index in [1.165, 1.54) is 30.8 Å². The zero-order valence-electron chi connectivity index (χ0n) is 10.9. The molecule has 0 amide bonds. The minimum Gasteiger partial charge on any atom is -0.872 e. The van der Waals surface area contributed by atoms with E-state index in [1.54, 1.807) is 0 Å². The molecule has 102 valence electrons. The van der Waals surface area contributed by atoms with Gasteiger partial charge >= 0.3 is 0 Å². The monoisotopic (exact) mass is 261 g/mol. The number of nitro groups is 1. The van der Waals surface area contributed by atoms with Crippen LogP contribution in [0, 0.1) is 16.0 Å². The van der Waals surface area contributed by atoms with Crippen LogP contribution >= 0.6 is 0 Å². The SMILES string of the molecule is C[C@@H]1CCCC[C@H]1N=Cc1cc([N+](=O)[O-])ccc1[O-]. The maximum Gasteiger partial charge on any atom is 0.270 e. The summed E-state index contributed by atoms with van der Waals surface area (Å²) in [4.78, 5) is 14.6. The Hall–Kier alpha value is -1.91. The summed E-state index contributed by atoms with van der Waals surface area (Å²) in [6, 6.07) is 3.97. The lowest BCUT2D eigenvalue weighted by molar-refractivity contribution is -0.385. The predicted molar refractivity (Wildman–Crippen MR) is 71.6 cm³/mol. The second kappa shape index (κ2) is 5.82. The minimum absolute atomic E-state index is 0.0715. The normalized spacial score (nSPS) is 23.6. The number of non-ortho nitro benzene ring substituents is 1. The van der Waals surface area contributed by atoms with Crippen molar-refractivity contribution in [1.82, 2.24) is 0 Å². The maximum atomic E-state index is 11.6. The van der Waals surface area contributed by atoms with Crippen molar-refractivity contribution < 1.29 is 10.0 Å². The van der Waals surface area contributed by atoms with Crippen LogP contribution in [-0.4, -0.2) is 17.2 Å². The van der Waals surface area contributed by atoms with Crippen molar-refractivity contribution in [3.8, 4) is 5.75 Å². The van der Waals surface area contributed by atoms with E-state index in [0.717, 1.165) is 19.3 Å². The first-order valence-electron chi connectivity index (χ1n) is 6.56. The molecule has 0 unspecified atom stereocenters. The Bertz CT molecular complexity index is 499. The topological polar surface area (TPSA) is 78.6 Å². The average molecular weight is 261 g/mol. The van der Waals surface area contributed by atoms with Gasteiger partial charge < -0.3 is 5.11 Å². The maximum absolute atomic E-state index is 11.6. The molecule has 0 bridgehead atoms. The summed E-state index contributed by atoms with van der Waals surface area (Å²) in [6.45, 7) is 2.16. The first kappa shape index (κ1) is 13.5. The molecule has 1 fully saturated rings. The van der Waals surface area contributed by atoms with Crippen molar-refractivity contribution in [3.63, 3.8) is 0 Å². The highest BCUT2D eigenvalue weighted by molar-refractivity contribution is 5.84. The van der Waals surface area contributed by atoms with E-state index in [1.807, 2.05) is 0 Å². The Kier molecular flexibility index (Phi) is 4.14. The molecule has 0 saturated heterocycles. The van der Waals surface area contributed by atoms with Gasteiger partial charge in [0.2, 0.25) is 0 Å². The minimum atomic E-state index is -0.500. The van der Waals surface area contributed by atoms with E-state index in [9.17, 15) is 15.2 Å². The van der Waals surface area contributed by atoms with Crippen LogP contribution in [0.25, 0.3) is 0 Å². The molecule has 1 saturated carbocycles. The van der Waals surface area contributed by atoms with Crippen LogP contribution < -0.4 is 5.11 Å². The highest BCUT2D eigenvalue weighted by Gasteiger charge is 2.19. The molecule has 0 radical (unpaired) electrons. The fourth-order valence-corrected chi connectivity index (χ4v) is 2.44. The summed E-state index contributed by atoms with van der Waals surface area (Å²) in [6.07, 6.45) is 6.08. The van der Waals surface area contributed by atoms with Gasteiger partial charge in [0.05, 0.1) is 11.0 Å². The fraction of sp³-hybridized carbons (Fsp3) is 0.500. The fourth-order valence-electron chi connectivity index (χ4n) is 2.44. The van der Waals surface area contributed by atoms with Gasteiger partial charge in [-0.25, -0.2) is 0 Å². The van der Waals surface area contributed by atoms with Gasteiger partial charge in [-0.2, -0.15) is 0 Å². The summed E-state index contributed by atoms with van der Waals surface area (Å²) in [7, 11) is 0. The quantitative estimate of drug-likeness (QED) is 0.476. The third kappa shape index (κ3) is 3.30. The van der Waals surface area contributed by atoms with Crippen molar-refractivity contribution in [2.75, 3.05) is 0 Å². The van der Waals surface area contributed by atoms with Gasteiger partial charge in [-0.1, -0.05) is 31.6 Å². The Balaban J connectivity index is 2.17. The number of rotatable bonds is 3. The zero-order chi connectivity index (χ0) is 13.8. The first-order valence-corrected chi connectivity index (χ1v) is 6.56. The van der Waals surface area contributed by atoms with Crippen LogP contribution in [0.5, 0.6) is 5.75 Å². The van der Waals surface area contributed by atoms with E-state index in [-0.39, 0.29) is 17.5 Å². The second-order valence-electron chi connectivity index (χ2n) is 5.09. The second-order valence-corrected chi connectivity index (χ2v) is 5.09. The molecular formula is C14H17N2O3-. The summed E-state index contributed by atoms with van der Waals surface area (Å²) < 4.78 is 0. The summed E-state index contributed by atoms with van der Waals surface area (Å²) in [5.74, 6) is 0.289. The number of hydrogen-bond donors (Lipinski definition) is 0. The molecule has 0 N–H and O–H groups in total. The summed E-state index contributed by atoms with van der Waals surface area (Å²) in [5.41, 5.74) is 0.227. The lowest BCUT2D eigenvalue weighted by Crippen LogP contribution is -2.20.